The van der Waals surface area contributed by atoms with Crippen LogP contribution in [-0.4, -0.2) is 246 Å². The molecule has 12 N–H and O–H groups in total. The van der Waals surface area contributed by atoms with Crippen molar-refractivity contribution in [2.45, 2.75) is 256 Å². The molecule has 5 aliphatic carbocycles. The predicted octanol–water partition coefficient (Wildman–Crippen LogP) is -1.43. The van der Waals surface area contributed by atoms with Gasteiger partial charge in [-0.3, -0.25) is 19.2 Å². The van der Waals surface area contributed by atoms with Crippen LogP contribution in [0.4, 0.5) is 0 Å². The average molecular weight is 1230 g/mol. The molecule has 9 rings (SSSR count). The van der Waals surface area contributed by atoms with E-state index in [0.29, 0.717) is 38.5 Å². The molecule has 86 heavy (non-hydrogen) atoms. The molecule has 9 aliphatic rings. The Morgan fingerprint density at radius 3 is 1.63 bits per heavy atom. The Balaban J connectivity index is 0.979. The van der Waals surface area contributed by atoms with E-state index in [-0.39, 0.29) is 24.0 Å². The first-order chi connectivity index (χ1) is 40.1. The summed E-state index contributed by atoms with van der Waals surface area (Å²) in [6.07, 6.45) is -29.2. The lowest BCUT2D eigenvalue weighted by atomic mass is 9.32. The topological polar surface area (TPSA) is 403 Å². The van der Waals surface area contributed by atoms with E-state index in [9.17, 15) is 75.7 Å². The molecule has 26 heteroatoms. The quantitative estimate of drug-likeness (QED) is 0.0508. The summed E-state index contributed by atoms with van der Waals surface area (Å²) < 4.78 is 60.5. The van der Waals surface area contributed by atoms with E-state index in [1.165, 1.54) is 13.8 Å². The van der Waals surface area contributed by atoms with Crippen LogP contribution in [0.15, 0.2) is 11.6 Å². The fourth-order valence-electron chi connectivity index (χ4n) is 17.9. The molecular formula is C60H94O26. The number of carbonyl (C=O) groups excluding carboxylic acids is 4. The van der Waals surface area contributed by atoms with Crippen LogP contribution in [-0.2, 0) is 66.5 Å². The van der Waals surface area contributed by atoms with Gasteiger partial charge in [-0.15, -0.1) is 0 Å². The van der Waals surface area contributed by atoms with E-state index < -0.39 is 224 Å². The normalized spacial score (nSPS) is 50.7. The van der Waals surface area contributed by atoms with Gasteiger partial charge in [0.1, 0.15) is 90.9 Å². The third-order valence-electron chi connectivity index (χ3n) is 22.6. The van der Waals surface area contributed by atoms with Gasteiger partial charge in [-0.1, -0.05) is 60.1 Å². The minimum absolute atomic E-state index is 0.00263. The number of allylic oxidation sites excluding steroid dienone is 2. The molecule has 4 saturated heterocycles. The van der Waals surface area contributed by atoms with Crippen molar-refractivity contribution in [3.8, 4) is 0 Å². The standard InChI is InChI=1S/C60H94O26/c1-24(65)37-50(86-52-45(76)47(79-27(4)67)46(25(2)77-52)78-26(3)66)55(5,6)18-29-28-12-13-34-57(9)16-15-36(56(7,8)33(57)14-17-58(34,10)59(28,11)19-35(68)60(29,37)23-64)83-53-48(42(73)39(70)31(21-62)81-53)85-54-49(43(74)40(71)32(22-63)82-54)84-51-44(75)41(72)38(69)30(20-61)80-51/h12,25,29-34,36-54,61-64,69-76H,13-23H2,1-11H3/t25-,29-,30+,31+,32+,33-,34+,36-,37-,38+,39+,40+,41-,42-,43-,44+,45+,46-,47-,48+,49+,50-,51-,52-,53-,54-,57-,58+,59+,60-/m0/s1. The molecule has 4 heterocycles. The third kappa shape index (κ3) is 11.0. The van der Waals surface area contributed by atoms with Crippen LogP contribution < -0.4 is 0 Å². The zero-order chi connectivity index (χ0) is 63.5. The summed E-state index contributed by atoms with van der Waals surface area (Å²) in [4.78, 5) is 54.5. The van der Waals surface area contributed by atoms with Gasteiger partial charge in [-0.05, 0) is 91.8 Å². The van der Waals surface area contributed by atoms with E-state index in [2.05, 4.69) is 40.7 Å². The van der Waals surface area contributed by atoms with Crippen molar-refractivity contribution in [2.75, 3.05) is 26.4 Å². The first-order valence-corrected chi connectivity index (χ1v) is 30.4. The molecule has 0 spiro atoms. The maximum Gasteiger partial charge on any atom is 0.303 e. The summed E-state index contributed by atoms with van der Waals surface area (Å²) in [6, 6.07) is 0. The molecule has 4 aliphatic heterocycles. The first-order valence-electron chi connectivity index (χ1n) is 30.4. The molecule has 0 aromatic heterocycles. The lowest BCUT2D eigenvalue weighted by molar-refractivity contribution is -0.398. The summed E-state index contributed by atoms with van der Waals surface area (Å²) in [5.74, 6) is -4.03. The molecule has 490 valence electrons. The molecule has 4 saturated carbocycles. The molecule has 0 amide bonds. The number of ketones is 2. The van der Waals surface area contributed by atoms with Gasteiger partial charge < -0.3 is 109 Å². The Morgan fingerprint density at radius 2 is 1.09 bits per heavy atom. The highest BCUT2D eigenvalue weighted by molar-refractivity contribution is 5.95. The van der Waals surface area contributed by atoms with Gasteiger partial charge in [-0.25, -0.2) is 0 Å². The molecule has 0 radical (unpaired) electrons. The lowest BCUT2D eigenvalue weighted by Crippen LogP contribution is -2.71. The zero-order valence-corrected chi connectivity index (χ0v) is 50.9. The molecule has 0 aromatic rings. The van der Waals surface area contributed by atoms with Gasteiger partial charge in [0.2, 0.25) is 0 Å². The second-order valence-electron chi connectivity index (χ2n) is 28.1. The van der Waals surface area contributed by atoms with E-state index in [0.717, 1.165) is 12.5 Å². The maximum atomic E-state index is 15.7. The SMILES string of the molecule is CC(=O)O[C@@H]1[C@@H](OC(C)=O)[C@@H](O)[C@H](O[C@H]2[C@H](C(C)=O)[C@]3(CO)C(=O)C[C@]4(C)C(=CC[C@@H]5[C@@]6(C)CC[C@H](O[C@@H]7O[C@H](CO)[C@@H](O)[C@H](O)[C@H]7O[C@@H]7O[C@H](CO)[C@@H](O)[C@H](O)[C@H]7O[C@@H]7O[C@H](CO)[C@@H](O)[C@H](O)[C@H]7O)C(C)(C)[C@@H]6CC[C@]54C)[C@@H]3CC2(C)C)O[C@H]1C. The number of rotatable bonds is 15. The fourth-order valence-corrected chi connectivity index (χ4v) is 17.9. The van der Waals surface area contributed by atoms with Crippen molar-refractivity contribution < 1.29 is 128 Å². The van der Waals surface area contributed by atoms with Crippen molar-refractivity contribution in [3.05, 3.63) is 11.6 Å². The van der Waals surface area contributed by atoms with Crippen LogP contribution in [0.5, 0.6) is 0 Å². The Hall–Kier alpha value is -2.78. The minimum atomic E-state index is -1.97. The largest absolute Gasteiger partial charge is 0.456 e. The molecule has 30 atom stereocenters. The second-order valence-corrected chi connectivity index (χ2v) is 28.1. The van der Waals surface area contributed by atoms with Crippen molar-refractivity contribution >= 4 is 23.5 Å². The highest BCUT2D eigenvalue weighted by Gasteiger charge is 2.74. The molecule has 0 bridgehead atoms. The number of carbonyl (C=O) groups is 4. The van der Waals surface area contributed by atoms with Crippen LogP contribution in [0.3, 0.4) is 0 Å². The van der Waals surface area contributed by atoms with Crippen molar-refractivity contribution in [3.63, 3.8) is 0 Å². The van der Waals surface area contributed by atoms with Crippen LogP contribution in [0.1, 0.15) is 121 Å². The Kier molecular flexibility index (Phi) is 19.4. The second kappa shape index (κ2) is 24.7. The summed E-state index contributed by atoms with van der Waals surface area (Å²) >= 11 is 0. The lowest BCUT2D eigenvalue weighted by Gasteiger charge is -2.72. The minimum Gasteiger partial charge on any atom is -0.456 e. The van der Waals surface area contributed by atoms with Crippen molar-refractivity contribution in [1.82, 2.24) is 0 Å². The fraction of sp³-hybridized carbons (Fsp3) is 0.900. The third-order valence-corrected chi connectivity index (χ3v) is 22.6. The molecule has 0 aromatic carbocycles. The van der Waals surface area contributed by atoms with E-state index in [1.807, 2.05) is 13.8 Å². The van der Waals surface area contributed by atoms with E-state index >= 15 is 4.79 Å². The first kappa shape index (κ1) is 67.6. The zero-order valence-electron chi connectivity index (χ0n) is 50.9. The predicted molar refractivity (Wildman–Crippen MR) is 292 cm³/mol. The average Bonchev–Trinajstić information content (AvgIpc) is 0.676. The summed E-state index contributed by atoms with van der Waals surface area (Å²) in [7, 11) is 0. The molecule has 26 nitrogen and oxygen atoms in total. The van der Waals surface area contributed by atoms with Crippen LogP contribution in [0.25, 0.3) is 0 Å². The Bertz CT molecular complexity index is 2510. The monoisotopic (exact) mass is 1230 g/mol. The molecular weight excluding hydrogens is 1140 g/mol. The van der Waals surface area contributed by atoms with Crippen molar-refractivity contribution in [2.24, 2.45) is 56.2 Å². The summed E-state index contributed by atoms with van der Waals surface area (Å²) in [6.45, 7) is 16.8. The number of ether oxygens (including phenoxy) is 10. The van der Waals surface area contributed by atoms with Gasteiger partial charge in [0.05, 0.1) is 56.1 Å². The van der Waals surface area contributed by atoms with Crippen LogP contribution >= 0.6 is 0 Å². The number of hydrogen-bond donors (Lipinski definition) is 12. The summed E-state index contributed by atoms with van der Waals surface area (Å²) in [5.41, 5.74) is -3.88. The Morgan fingerprint density at radius 1 is 0.581 bits per heavy atom. The summed E-state index contributed by atoms with van der Waals surface area (Å²) in [5, 5.41) is 131. The van der Waals surface area contributed by atoms with Gasteiger partial charge in [0.15, 0.2) is 37.4 Å². The number of Topliss-reactive ketones (excluding diaryl/α,β-unsaturated/α-hetero) is 2. The number of hydrogen-bond acceptors (Lipinski definition) is 26. The number of fused-ring (bicyclic) bond motifs is 7. The van der Waals surface area contributed by atoms with Crippen molar-refractivity contribution in [1.29, 1.82) is 0 Å². The van der Waals surface area contributed by atoms with E-state index in [4.69, 9.17) is 47.4 Å². The maximum absolute atomic E-state index is 15.7. The highest BCUT2D eigenvalue weighted by atomic mass is 16.8. The number of aliphatic hydroxyl groups excluding tert-OH is 12. The Labute approximate surface area is 500 Å². The highest BCUT2D eigenvalue weighted by Crippen LogP contribution is 2.76. The van der Waals surface area contributed by atoms with Gasteiger partial charge in [-0.2, -0.15) is 0 Å². The van der Waals surface area contributed by atoms with Gasteiger partial charge in [0.25, 0.3) is 0 Å². The smallest absolute Gasteiger partial charge is 0.303 e. The van der Waals surface area contributed by atoms with Gasteiger partial charge >= 0.3 is 11.9 Å². The molecule has 8 fully saturated rings. The van der Waals surface area contributed by atoms with Crippen LogP contribution in [0.2, 0.25) is 0 Å². The number of aliphatic hydroxyl groups is 12. The van der Waals surface area contributed by atoms with Gasteiger partial charge in [0, 0.05) is 25.7 Å². The molecule has 0 unspecified atom stereocenters. The number of esters is 2. The van der Waals surface area contributed by atoms with Crippen LogP contribution in [0, 0.1) is 56.2 Å². The van der Waals surface area contributed by atoms with E-state index in [1.54, 1.807) is 6.92 Å².